The zero-order valence-corrected chi connectivity index (χ0v) is 11.3. The molecule has 2 N–H and O–H groups in total. The first-order valence-electron chi connectivity index (χ1n) is 6.20. The number of nitrogens with one attached hydrogen (secondary N) is 2. The fourth-order valence-electron chi connectivity index (χ4n) is 2.20. The Morgan fingerprint density at radius 3 is 3.32 bits per heavy atom. The number of hydrogen-bond acceptors (Lipinski definition) is 6. The molecule has 0 saturated heterocycles. The number of nitrogens with zero attached hydrogens (tertiary/aromatic N) is 2. The van der Waals surface area contributed by atoms with E-state index in [1.165, 1.54) is 4.88 Å². The van der Waals surface area contributed by atoms with Crippen LogP contribution >= 0.6 is 11.3 Å². The summed E-state index contributed by atoms with van der Waals surface area (Å²) in [6, 6.07) is 0. The molecule has 1 unspecified atom stereocenters. The van der Waals surface area contributed by atoms with E-state index >= 15 is 0 Å². The number of anilines is 2. The highest BCUT2D eigenvalue weighted by Gasteiger charge is 2.33. The Morgan fingerprint density at radius 1 is 1.68 bits per heavy atom. The maximum absolute atomic E-state index is 11.8. The summed E-state index contributed by atoms with van der Waals surface area (Å²) < 4.78 is 5.09. The Bertz CT molecular complexity index is 579. The highest BCUT2D eigenvalue weighted by atomic mass is 32.1. The molecule has 100 valence electrons. The van der Waals surface area contributed by atoms with Gasteiger partial charge in [0.15, 0.2) is 5.13 Å². The van der Waals surface area contributed by atoms with Crippen LogP contribution in [0.15, 0.2) is 12.4 Å². The average molecular weight is 278 g/mol. The zero-order chi connectivity index (χ0) is 13.2. The minimum absolute atomic E-state index is 0.165. The van der Waals surface area contributed by atoms with Gasteiger partial charge in [-0.2, -0.15) is 5.10 Å². The number of rotatable bonds is 4. The van der Waals surface area contributed by atoms with Gasteiger partial charge in [0.1, 0.15) is 5.92 Å². The summed E-state index contributed by atoms with van der Waals surface area (Å²) in [6.45, 7) is 2.23. The summed E-state index contributed by atoms with van der Waals surface area (Å²) >= 11 is 1.59. The maximum atomic E-state index is 11.8. The number of aryl methyl sites for hydroxylation is 1. The monoisotopic (exact) mass is 278 g/mol. The lowest BCUT2D eigenvalue weighted by molar-refractivity contribution is -0.145. The standard InChI is InChI=1S/C12H14N4O2S/c1-2-18-11(17)8-3-4-9-10(8)16-12(19-9)15-7-5-13-14-6-7/h5-6,8H,2-4H2,1H3,(H,13,14)(H,15,16). The second-order valence-corrected chi connectivity index (χ2v) is 5.37. The molecule has 19 heavy (non-hydrogen) atoms. The lowest BCUT2D eigenvalue weighted by Crippen LogP contribution is -2.14. The SMILES string of the molecule is CCOC(=O)C1CCc2sc(Nc3cn[nH]c3)nc21. The molecule has 2 aromatic rings. The predicted molar refractivity (Wildman–Crippen MR) is 71.7 cm³/mol. The number of carbonyl (C=O) groups excluding carboxylic acids is 1. The molecule has 7 heteroatoms. The molecule has 1 aliphatic rings. The van der Waals surface area contributed by atoms with E-state index < -0.39 is 0 Å². The lowest BCUT2D eigenvalue weighted by Gasteiger charge is -2.07. The molecule has 3 rings (SSSR count). The molecule has 0 radical (unpaired) electrons. The molecule has 2 aromatic heterocycles. The minimum Gasteiger partial charge on any atom is -0.465 e. The van der Waals surface area contributed by atoms with Gasteiger partial charge in [0.25, 0.3) is 0 Å². The number of hydrogen-bond donors (Lipinski definition) is 2. The van der Waals surface area contributed by atoms with Crippen LogP contribution in [0.4, 0.5) is 10.8 Å². The molecule has 0 spiro atoms. The first-order chi connectivity index (χ1) is 9.28. The van der Waals surface area contributed by atoms with Crippen LogP contribution in [0.2, 0.25) is 0 Å². The summed E-state index contributed by atoms with van der Waals surface area (Å²) in [4.78, 5) is 17.5. The zero-order valence-electron chi connectivity index (χ0n) is 10.5. The van der Waals surface area contributed by atoms with Crippen LogP contribution in [0.3, 0.4) is 0 Å². The first kappa shape index (κ1) is 12.2. The number of carbonyl (C=O) groups is 1. The van der Waals surface area contributed by atoms with Crippen LogP contribution in [0.1, 0.15) is 29.8 Å². The van der Waals surface area contributed by atoms with Crippen molar-refractivity contribution in [3.05, 3.63) is 23.0 Å². The van der Waals surface area contributed by atoms with Crippen LogP contribution in [0.25, 0.3) is 0 Å². The first-order valence-corrected chi connectivity index (χ1v) is 7.01. The van der Waals surface area contributed by atoms with E-state index in [-0.39, 0.29) is 11.9 Å². The van der Waals surface area contributed by atoms with Crippen molar-refractivity contribution in [1.82, 2.24) is 15.2 Å². The minimum atomic E-state index is -0.203. The van der Waals surface area contributed by atoms with E-state index in [1.54, 1.807) is 23.7 Å². The third-order valence-electron chi connectivity index (χ3n) is 3.04. The summed E-state index contributed by atoms with van der Waals surface area (Å²) in [5.41, 5.74) is 1.73. The lowest BCUT2D eigenvalue weighted by atomic mass is 10.1. The van der Waals surface area contributed by atoms with Gasteiger partial charge >= 0.3 is 5.97 Å². The molecular weight excluding hydrogens is 264 g/mol. The highest BCUT2D eigenvalue weighted by molar-refractivity contribution is 7.15. The molecule has 1 atom stereocenters. The Balaban J connectivity index is 1.78. The van der Waals surface area contributed by atoms with Crippen LogP contribution < -0.4 is 5.32 Å². The highest BCUT2D eigenvalue weighted by Crippen LogP contribution is 2.39. The van der Waals surface area contributed by atoms with Crippen molar-refractivity contribution < 1.29 is 9.53 Å². The Hall–Kier alpha value is -1.89. The van der Waals surface area contributed by atoms with Gasteiger partial charge in [0, 0.05) is 11.1 Å². The molecule has 0 amide bonds. The normalized spacial score (nSPS) is 17.2. The van der Waals surface area contributed by atoms with Gasteiger partial charge in [-0.1, -0.05) is 0 Å². The van der Waals surface area contributed by atoms with Crippen molar-refractivity contribution in [3.8, 4) is 0 Å². The molecule has 1 aliphatic carbocycles. The van der Waals surface area contributed by atoms with Gasteiger partial charge < -0.3 is 10.1 Å². The number of thiazole rings is 1. The van der Waals surface area contributed by atoms with Gasteiger partial charge in [-0.05, 0) is 19.8 Å². The Kier molecular flexibility index (Phi) is 3.20. The molecule has 6 nitrogen and oxygen atoms in total. The number of aromatic nitrogens is 3. The summed E-state index contributed by atoms with van der Waals surface area (Å²) in [7, 11) is 0. The fraction of sp³-hybridized carbons (Fsp3) is 0.417. The number of H-pyrrole nitrogens is 1. The molecule has 0 aromatic carbocycles. The molecule has 2 heterocycles. The van der Waals surface area contributed by atoms with E-state index in [4.69, 9.17) is 4.74 Å². The number of ether oxygens (including phenoxy) is 1. The van der Waals surface area contributed by atoms with Crippen LogP contribution in [0, 0.1) is 0 Å². The third kappa shape index (κ3) is 2.33. The second-order valence-electron chi connectivity index (χ2n) is 4.28. The van der Waals surface area contributed by atoms with Gasteiger partial charge in [-0.25, -0.2) is 4.98 Å². The van der Waals surface area contributed by atoms with Gasteiger partial charge in [-0.15, -0.1) is 11.3 Å². The second kappa shape index (κ2) is 5.00. The summed E-state index contributed by atoms with van der Waals surface area (Å²) in [5, 5.41) is 10.6. The van der Waals surface area contributed by atoms with E-state index in [0.29, 0.717) is 6.61 Å². The van der Waals surface area contributed by atoms with Gasteiger partial charge in [0.2, 0.25) is 0 Å². The molecule has 0 aliphatic heterocycles. The molecule has 0 saturated carbocycles. The van der Waals surface area contributed by atoms with Gasteiger partial charge in [0.05, 0.1) is 24.2 Å². The van der Waals surface area contributed by atoms with Crippen molar-refractivity contribution in [2.75, 3.05) is 11.9 Å². The van der Waals surface area contributed by atoms with E-state index in [9.17, 15) is 4.79 Å². The fourth-order valence-corrected chi connectivity index (χ4v) is 3.25. The maximum Gasteiger partial charge on any atom is 0.315 e. The summed E-state index contributed by atoms with van der Waals surface area (Å²) in [6.07, 6.45) is 5.15. The topological polar surface area (TPSA) is 79.9 Å². The van der Waals surface area contributed by atoms with Crippen LogP contribution in [-0.2, 0) is 16.0 Å². The average Bonchev–Trinajstić information content (AvgIpc) is 3.05. The number of fused-ring (bicyclic) bond motifs is 1. The molecule has 0 fully saturated rings. The van der Waals surface area contributed by atoms with E-state index in [0.717, 1.165) is 29.4 Å². The smallest absolute Gasteiger partial charge is 0.315 e. The predicted octanol–water partition coefficient (Wildman–Crippen LogP) is 2.20. The van der Waals surface area contributed by atoms with Crippen LogP contribution in [-0.4, -0.2) is 27.8 Å². The quantitative estimate of drug-likeness (QED) is 0.838. The molecule has 0 bridgehead atoms. The van der Waals surface area contributed by atoms with Crippen molar-refractivity contribution in [1.29, 1.82) is 0 Å². The van der Waals surface area contributed by atoms with Crippen molar-refractivity contribution in [3.63, 3.8) is 0 Å². The van der Waals surface area contributed by atoms with Crippen LogP contribution in [0.5, 0.6) is 0 Å². The Morgan fingerprint density at radius 2 is 2.58 bits per heavy atom. The largest absolute Gasteiger partial charge is 0.465 e. The number of aromatic amines is 1. The van der Waals surface area contributed by atoms with Gasteiger partial charge in [-0.3, -0.25) is 9.89 Å². The van der Waals surface area contributed by atoms with E-state index in [2.05, 4.69) is 20.5 Å². The Labute approximate surface area is 114 Å². The van der Waals surface area contributed by atoms with Crippen molar-refractivity contribution in [2.45, 2.75) is 25.7 Å². The van der Waals surface area contributed by atoms with Crippen molar-refractivity contribution >= 4 is 28.1 Å². The third-order valence-corrected chi connectivity index (χ3v) is 4.08. The van der Waals surface area contributed by atoms with Crippen molar-refractivity contribution in [2.24, 2.45) is 0 Å². The van der Waals surface area contributed by atoms with E-state index in [1.807, 2.05) is 6.92 Å². The summed E-state index contributed by atoms with van der Waals surface area (Å²) in [5.74, 6) is -0.368. The molecular formula is C12H14N4O2S. The number of esters is 1.